The molecule has 2 aromatic rings. The van der Waals surface area contributed by atoms with Crippen molar-refractivity contribution in [2.45, 2.75) is 13.2 Å². The number of nitrogens with two attached hydrogens (primary N) is 1. The minimum atomic E-state index is 0.497. The minimum absolute atomic E-state index is 0.497. The van der Waals surface area contributed by atoms with Crippen LogP contribution in [0.5, 0.6) is 0 Å². The average molecular weight is 235 g/mol. The van der Waals surface area contributed by atoms with Gasteiger partial charge in [-0.3, -0.25) is 4.98 Å². The SMILES string of the molecule is COCc1nc(-c2cccnc2)sc1CN. The molecule has 0 unspecified atom stereocenters. The molecule has 4 nitrogen and oxygen atoms in total. The van der Waals surface area contributed by atoms with Crippen molar-refractivity contribution < 1.29 is 4.74 Å². The molecule has 0 bridgehead atoms. The maximum atomic E-state index is 5.67. The standard InChI is InChI=1S/C11H13N3OS/c1-15-7-9-10(5-12)16-11(14-9)8-3-2-4-13-6-8/h2-4,6H,5,7,12H2,1H3. The summed E-state index contributed by atoms with van der Waals surface area (Å²) in [7, 11) is 1.66. The summed E-state index contributed by atoms with van der Waals surface area (Å²) in [5.74, 6) is 0. The number of methoxy groups -OCH3 is 1. The second-order valence-electron chi connectivity index (χ2n) is 3.27. The van der Waals surface area contributed by atoms with Gasteiger partial charge in [-0.2, -0.15) is 0 Å². The Hall–Kier alpha value is -1.30. The molecule has 0 radical (unpaired) electrons. The summed E-state index contributed by atoms with van der Waals surface area (Å²) < 4.78 is 5.09. The molecule has 0 aliphatic heterocycles. The van der Waals surface area contributed by atoms with E-state index < -0.39 is 0 Å². The van der Waals surface area contributed by atoms with Crippen LogP contribution in [0.4, 0.5) is 0 Å². The van der Waals surface area contributed by atoms with Crippen molar-refractivity contribution in [2.24, 2.45) is 5.73 Å². The molecule has 2 rings (SSSR count). The number of hydrogen-bond acceptors (Lipinski definition) is 5. The Labute approximate surface area is 98.1 Å². The fourth-order valence-electron chi connectivity index (χ4n) is 1.41. The maximum Gasteiger partial charge on any atom is 0.125 e. The molecule has 0 fully saturated rings. The third-order valence-corrected chi connectivity index (χ3v) is 3.32. The summed E-state index contributed by atoms with van der Waals surface area (Å²) in [6, 6.07) is 3.89. The Morgan fingerprint density at radius 2 is 2.38 bits per heavy atom. The fourth-order valence-corrected chi connectivity index (χ4v) is 2.34. The van der Waals surface area contributed by atoms with E-state index in [1.807, 2.05) is 12.1 Å². The Bertz CT molecular complexity index is 456. The quantitative estimate of drug-likeness (QED) is 0.878. The first-order chi connectivity index (χ1) is 7.85. The van der Waals surface area contributed by atoms with Gasteiger partial charge in [-0.05, 0) is 12.1 Å². The zero-order valence-electron chi connectivity index (χ0n) is 9.01. The summed E-state index contributed by atoms with van der Waals surface area (Å²) in [5, 5.41) is 0.945. The third kappa shape index (κ3) is 2.27. The van der Waals surface area contributed by atoms with Crippen LogP contribution in [0, 0.1) is 0 Å². The highest BCUT2D eigenvalue weighted by molar-refractivity contribution is 7.15. The van der Waals surface area contributed by atoms with Crippen LogP contribution in [0.1, 0.15) is 10.6 Å². The van der Waals surface area contributed by atoms with Crippen LogP contribution in [0.15, 0.2) is 24.5 Å². The van der Waals surface area contributed by atoms with Crippen molar-refractivity contribution in [3.05, 3.63) is 35.1 Å². The highest BCUT2D eigenvalue weighted by Crippen LogP contribution is 2.27. The summed E-state index contributed by atoms with van der Waals surface area (Å²) in [6.45, 7) is 1.000. The number of thiazole rings is 1. The van der Waals surface area contributed by atoms with E-state index in [1.165, 1.54) is 0 Å². The molecule has 84 valence electrons. The molecule has 2 heterocycles. The molecule has 0 saturated heterocycles. The molecular weight excluding hydrogens is 222 g/mol. The normalized spacial score (nSPS) is 10.6. The van der Waals surface area contributed by atoms with Gasteiger partial charge in [0.25, 0.3) is 0 Å². The second kappa shape index (κ2) is 5.16. The van der Waals surface area contributed by atoms with Crippen molar-refractivity contribution in [3.63, 3.8) is 0 Å². The molecule has 2 aromatic heterocycles. The number of hydrogen-bond donors (Lipinski definition) is 1. The van der Waals surface area contributed by atoms with Gasteiger partial charge in [0, 0.05) is 36.5 Å². The minimum Gasteiger partial charge on any atom is -0.378 e. The number of nitrogens with zero attached hydrogens (tertiary/aromatic N) is 2. The van der Waals surface area contributed by atoms with E-state index in [4.69, 9.17) is 10.5 Å². The molecule has 0 amide bonds. The van der Waals surface area contributed by atoms with E-state index in [9.17, 15) is 0 Å². The van der Waals surface area contributed by atoms with Gasteiger partial charge < -0.3 is 10.5 Å². The zero-order valence-corrected chi connectivity index (χ0v) is 9.83. The molecule has 0 atom stereocenters. The first kappa shape index (κ1) is 11.2. The first-order valence-electron chi connectivity index (χ1n) is 4.93. The van der Waals surface area contributed by atoms with Gasteiger partial charge in [-0.15, -0.1) is 11.3 Å². The fraction of sp³-hybridized carbons (Fsp3) is 0.273. The Morgan fingerprint density at radius 1 is 1.50 bits per heavy atom. The number of rotatable bonds is 4. The Kier molecular flexibility index (Phi) is 3.61. The second-order valence-corrected chi connectivity index (χ2v) is 4.35. The topological polar surface area (TPSA) is 61.0 Å². The van der Waals surface area contributed by atoms with E-state index >= 15 is 0 Å². The first-order valence-corrected chi connectivity index (χ1v) is 5.74. The van der Waals surface area contributed by atoms with Gasteiger partial charge in [0.15, 0.2) is 0 Å². The van der Waals surface area contributed by atoms with Crippen molar-refractivity contribution in [2.75, 3.05) is 7.11 Å². The van der Waals surface area contributed by atoms with Crippen LogP contribution < -0.4 is 5.73 Å². The smallest absolute Gasteiger partial charge is 0.125 e. The molecule has 0 saturated carbocycles. The van der Waals surface area contributed by atoms with E-state index in [-0.39, 0.29) is 0 Å². The third-order valence-electron chi connectivity index (χ3n) is 2.15. The van der Waals surface area contributed by atoms with Crippen LogP contribution in [0.3, 0.4) is 0 Å². The lowest BCUT2D eigenvalue weighted by molar-refractivity contribution is 0.181. The van der Waals surface area contributed by atoms with Crippen molar-refractivity contribution in [3.8, 4) is 10.6 Å². The molecule has 0 aromatic carbocycles. The van der Waals surface area contributed by atoms with Crippen molar-refractivity contribution in [1.29, 1.82) is 0 Å². The highest BCUT2D eigenvalue weighted by Gasteiger charge is 2.10. The maximum absolute atomic E-state index is 5.67. The Balaban J connectivity index is 2.36. The average Bonchev–Trinajstić information content (AvgIpc) is 2.74. The number of pyridine rings is 1. The van der Waals surface area contributed by atoms with Crippen molar-refractivity contribution >= 4 is 11.3 Å². The molecule has 0 spiro atoms. The van der Waals surface area contributed by atoms with Gasteiger partial charge in [-0.1, -0.05) is 0 Å². The lowest BCUT2D eigenvalue weighted by atomic mass is 10.3. The molecule has 0 aliphatic rings. The highest BCUT2D eigenvalue weighted by atomic mass is 32.1. The summed E-state index contributed by atoms with van der Waals surface area (Å²) in [6.07, 6.45) is 3.55. The van der Waals surface area contributed by atoms with Crippen LogP contribution in [0.25, 0.3) is 10.6 Å². The van der Waals surface area contributed by atoms with Crippen LogP contribution in [-0.2, 0) is 17.9 Å². The van der Waals surface area contributed by atoms with Crippen LogP contribution >= 0.6 is 11.3 Å². The summed E-state index contributed by atoms with van der Waals surface area (Å²) in [4.78, 5) is 9.66. The lowest BCUT2D eigenvalue weighted by Crippen LogP contribution is -1.99. The van der Waals surface area contributed by atoms with E-state index in [0.29, 0.717) is 13.2 Å². The van der Waals surface area contributed by atoms with E-state index in [1.54, 1.807) is 30.8 Å². The number of ether oxygens (including phenoxy) is 1. The summed E-state index contributed by atoms with van der Waals surface area (Å²) in [5.41, 5.74) is 7.61. The monoisotopic (exact) mass is 235 g/mol. The van der Waals surface area contributed by atoms with Gasteiger partial charge in [0.05, 0.1) is 12.3 Å². The molecular formula is C11H13N3OS. The van der Waals surface area contributed by atoms with E-state index in [0.717, 1.165) is 21.1 Å². The van der Waals surface area contributed by atoms with Gasteiger partial charge >= 0.3 is 0 Å². The predicted octanol–water partition coefficient (Wildman–Crippen LogP) is 1.81. The summed E-state index contributed by atoms with van der Waals surface area (Å²) >= 11 is 1.60. The van der Waals surface area contributed by atoms with Crippen molar-refractivity contribution in [1.82, 2.24) is 9.97 Å². The molecule has 0 aliphatic carbocycles. The van der Waals surface area contributed by atoms with E-state index in [2.05, 4.69) is 9.97 Å². The predicted molar refractivity (Wildman–Crippen MR) is 63.9 cm³/mol. The molecule has 5 heteroatoms. The van der Waals surface area contributed by atoms with Crippen LogP contribution in [-0.4, -0.2) is 17.1 Å². The van der Waals surface area contributed by atoms with Crippen LogP contribution in [0.2, 0.25) is 0 Å². The van der Waals surface area contributed by atoms with Gasteiger partial charge in [0.1, 0.15) is 5.01 Å². The van der Waals surface area contributed by atoms with Gasteiger partial charge in [-0.25, -0.2) is 4.98 Å². The number of aromatic nitrogens is 2. The lowest BCUT2D eigenvalue weighted by Gasteiger charge is -1.95. The Morgan fingerprint density at radius 3 is 3.00 bits per heavy atom. The zero-order chi connectivity index (χ0) is 11.4. The largest absolute Gasteiger partial charge is 0.378 e. The molecule has 16 heavy (non-hydrogen) atoms. The molecule has 2 N–H and O–H groups in total. The van der Waals surface area contributed by atoms with Gasteiger partial charge in [0.2, 0.25) is 0 Å².